The summed E-state index contributed by atoms with van der Waals surface area (Å²) in [5.41, 5.74) is 5.39. The van der Waals surface area contributed by atoms with Gasteiger partial charge in [-0.05, 0) is 22.0 Å². The highest BCUT2D eigenvalue weighted by molar-refractivity contribution is 9.10. The van der Waals surface area contributed by atoms with Gasteiger partial charge >= 0.3 is 0 Å². The molecule has 1 aromatic heterocycles. The molecule has 0 aromatic carbocycles. The van der Waals surface area contributed by atoms with Crippen LogP contribution in [0.3, 0.4) is 0 Å². The van der Waals surface area contributed by atoms with Crippen molar-refractivity contribution >= 4 is 21.7 Å². The van der Waals surface area contributed by atoms with E-state index in [0.717, 1.165) is 4.47 Å². The van der Waals surface area contributed by atoms with E-state index in [0.29, 0.717) is 11.7 Å². The molecule has 4 heteroatoms. The van der Waals surface area contributed by atoms with E-state index in [9.17, 15) is 0 Å². The van der Waals surface area contributed by atoms with Crippen molar-refractivity contribution in [2.75, 3.05) is 12.8 Å². The second-order valence-electron chi connectivity index (χ2n) is 1.61. The van der Waals surface area contributed by atoms with E-state index >= 15 is 0 Å². The van der Waals surface area contributed by atoms with Crippen LogP contribution in [-0.4, -0.2) is 12.1 Å². The Morgan fingerprint density at radius 3 is 2.67 bits per heavy atom. The highest BCUT2D eigenvalue weighted by atomic mass is 79.9. The summed E-state index contributed by atoms with van der Waals surface area (Å²) in [4.78, 5) is 2.80. The summed E-state index contributed by atoms with van der Waals surface area (Å²) >= 11 is 3.24. The first-order valence-electron chi connectivity index (χ1n) is 2.42. The fraction of sp³-hybridized carbons (Fsp3) is 0.200. The van der Waals surface area contributed by atoms with Crippen LogP contribution >= 0.6 is 15.9 Å². The zero-order chi connectivity index (χ0) is 6.85. The van der Waals surface area contributed by atoms with Crippen LogP contribution in [0.25, 0.3) is 0 Å². The van der Waals surface area contributed by atoms with Crippen LogP contribution < -0.4 is 10.5 Å². The van der Waals surface area contributed by atoms with Gasteiger partial charge in [-0.3, -0.25) is 0 Å². The van der Waals surface area contributed by atoms with E-state index in [1.165, 1.54) is 0 Å². The zero-order valence-corrected chi connectivity index (χ0v) is 6.53. The fourth-order valence-electron chi connectivity index (χ4n) is 0.577. The maximum absolute atomic E-state index is 5.39. The minimum Gasteiger partial charge on any atom is -0.481 e. The van der Waals surface area contributed by atoms with Crippen LogP contribution in [0, 0.1) is 0 Å². The van der Waals surface area contributed by atoms with Gasteiger partial charge in [-0.25, -0.2) is 0 Å². The van der Waals surface area contributed by atoms with Crippen LogP contribution in [0.15, 0.2) is 10.5 Å². The molecule has 0 radical (unpaired) electrons. The van der Waals surface area contributed by atoms with Gasteiger partial charge in [-0.1, -0.05) is 0 Å². The highest BCUT2D eigenvalue weighted by Gasteiger charge is 2.00. The molecule has 1 rings (SSSR count). The second-order valence-corrected chi connectivity index (χ2v) is 2.46. The van der Waals surface area contributed by atoms with Gasteiger partial charge < -0.3 is 15.5 Å². The lowest BCUT2D eigenvalue weighted by Crippen LogP contribution is -1.85. The lowest BCUT2D eigenvalue weighted by atomic mass is 10.6. The number of hydrogen-bond acceptors (Lipinski definition) is 2. The molecule has 9 heavy (non-hydrogen) atoms. The molecule has 3 N–H and O–H groups in total. The Labute approximate surface area is 61.3 Å². The van der Waals surface area contributed by atoms with Crippen molar-refractivity contribution < 1.29 is 4.74 Å². The third-order valence-corrected chi connectivity index (χ3v) is 1.55. The summed E-state index contributed by atoms with van der Waals surface area (Å²) in [6, 6.07) is 1.75. The quantitative estimate of drug-likeness (QED) is 0.704. The first-order valence-corrected chi connectivity index (χ1v) is 3.21. The van der Waals surface area contributed by atoms with Gasteiger partial charge in [0.15, 0.2) is 0 Å². The standard InChI is InChI=1S/C5H7BrN2O/c1-9-5-3(6)2-4(7)8-5/h2,8H,7H2,1H3. The molecule has 50 valence electrons. The number of halogens is 1. The van der Waals surface area contributed by atoms with Gasteiger partial charge in [0.05, 0.1) is 11.6 Å². The molecule has 0 unspecified atom stereocenters. The average Bonchev–Trinajstić information content (AvgIpc) is 2.10. The lowest BCUT2D eigenvalue weighted by Gasteiger charge is -1.92. The van der Waals surface area contributed by atoms with Gasteiger partial charge in [0.2, 0.25) is 5.88 Å². The topological polar surface area (TPSA) is 51.0 Å². The van der Waals surface area contributed by atoms with Crippen molar-refractivity contribution in [2.24, 2.45) is 0 Å². The van der Waals surface area contributed by atoms with Crippen LogP contribution in [-0.2, 0) is 0 Å². The maximum Gasteiger partial charge on any atom is 0.206 e. The van der Waals surface area contributed by atoms with Crippen molar-refractivity contribution in [1.82, 2.24) is 4.98 Å². The number of methoxy groups -OCH3 is 1. The van der Waals surface area contributed by atoms with E-state index in [4.69, 9.17) is 10.5 Å². The van der Waals surface area contributed by atoms with Gasteiger partial charge in [0.1, 0.15) is 5.82 Å². The number of nitrogens with two attached hydrogens (primary N) is 1. The summed E-state index contributed by atoms with van der Waals surface area (Å²) in [6.45, 7) is 0. The number of rotatable bonds is 1. The second kappa shape index (κ2) is 2.31. The highest BCUT2D eigenvalue weighted by Crippen LogP contribution is 2.25. The van der Waals surface area contributed by atoms with E-state index in [1.807, 2.05) is 0 Å². The smallest absolute Gasteiger partial charge is 0.206 e. The third-order valence-electron chi connectivity index (χ3n) is 0.961. The minimum absolute atomic E-state index is 0.596. The van der Waals surface area contributed by atoms with E-state index in [1.54, 1.807) is 13.2 Å². The average molecular weight is 191 g/mol. The molecule has 0 aliphatic heterocycles. The summed E-state index contributed by atoms with van der Waals surface area (Å²) in [6.07, 6.45) is 0. The number of nitrogens with one attached hydrogen (secondary N) is 1. The molecule has 0 bridgehead atoms. The minimum atomic E-state index is 0.596. The summed E-state index contributed by atoms with van der Waals surface area (Å²) < 4.78 is 5.73. The van der Waals surface area contributed by atoms with Gasteiger partial charge in [-0.2, -0.15) is 0 Å². The predicted molar refractivity (Wildman–Crippen MR) is 39.5 cm³/mol. The molecule has 0 spiro atoms. The molecule has 0 saturated heterocycles. The number of aromatic nitrogens is 1. The molecule has 0 atom stereocenters. The van der Waals surface area contributed by atoms with Crippen LogP contribution in [0.1, 0.15) is 0 Å². The van der Waals surface area contributed by atoms with E-state index < -0.39 is 0 Å². The predicted octanol–water partition coefficient (Wildman–Crippen LogP) is 1.37. The Hall–Kier alpha value is -0.640. The molecule has 0 aliphatic carbocycles. The maximum atomic E-state index is 5.39. The molecule has 0 saturated carbocycles. The van der Waals surface area contributed by atoms with Crippen molar-refractivity contribution in [3.05, 3.63) is 10.5 Å². The van der Waals surface area contributed by atoms with E-state index in [2.05, 4.69) is 20.9 Å². The number of H-pyrrole nitrogens is 1. The van der Waals surface area contributed by atoms with Crippen LogP contribution in [0.2, 0.25) is 0 Å². The lowest BCUT2D eigenvalue weighted by molar-refractivity contribution is 0.398. The number of hydrogen-bond donors (Lipinski definition) is 2. The van der Waals surface area contributed by atoms with Crippen molar-refractivity contribution in [2.45, 2.75) is 0 Å². The summed E-state index contributed by atoms with van der Waals surface area (Å²) in [5.74, 6) is 1.26. The third kappa shape index (κ3) is 1.18. The van der Waals surface area contributed by atoms with Gasteiger partial charge in [0, 0.05) is 0 Å². The molecular formula is C5H7BrN2O. The molecule has 1 heterocycles. The van der Waals surface area contributed by atoms with Gasteiger partial charge in [-0.15, -0.1) is 0 Å². The largest absolute Gasteiger partial charge is 0.481 e. The van der Waals surface area contributed by atoms with Crippen molar-refractivity contribution in [3.63, 3.8) is 0 Å². The fourth-order valence-corrected chi connectivity index (χ4v) is 1.09. The number of nitrogen functional groups attached to an aromatic ring is 1. The number of aromatic amines is 1. The number of anilines is 1. The molecule has 0 fully saturated rings. The Kier molecular flexibility index (Phi) is 1.66. The monoisotopic (exact) mass is 190 g/mol. The molecule has 0 aliphatic rings. The summed E-state index contributed by atoms with van der Waals surface area (Å²) in [7, 11) is 1.58. The summed E-state index contributed by atoms with van der Waals surface area (Å²) in [5, 5.41) is 0. The molecule has 0 amide bonds. The normalized spacial score (nSPS) is 9.56. The Morgan fingerprint density at radius 1 is 1.78 bits per heavy atom. The molecular weight excluding hydrogens is 184 g/mol. The SMILES string of the molecule is COc1[nH]c(N)cc1Br. The molecule has 3 nitrogen and oxygen atoms in total. The van der Waals surface area contributed by atoms with Gasteiger partial charge in [0.25, 0.3) is 0 Å². The first kappa shape index (κ1) is 6.48. The van der Waals surface area contributed by atoms with E-state index in [-0.39, 0.29) is 0 Å². The van der Waals surface area contributed by atoms with Crippen molar-refractivity contribution in [1.29, 1.82) is 0 Å². The Bertz CT molecular complexity index is 209. The van der Waals surface area contributed by atoms with Crippen LogP contribution in [0.4, 0.5) is 5.82 Å². The Balaban J connectivity index is 3.01. The zero-order valence-electron chi connectivity index (χ0n) is 4.94. The van der Waals surface area contributed by atoms with Crippen molar-refractivity contribution in [3.8, 4) is 5.88 Å². The first-order chi connectivity index (χ1) is 4.24. The number of ether oxygens (including phenoxy) is 1. The molecule has 1 aromatic rings. The van der Waals surface area contributed by atoms with Crippen LogP contribution in [0.5, 0.6) is 5.88 Å². The Morgan fingerprint density at radius 2 is 2.44 bits per heavy atom.